The van der Waals surface area contributed by atoms with Gasteiger partial charge in [0.15, 0.2) is 0 Å². The SMILES string of the molecule is NC(CC1CCCCC1)C(=O)NCc1ccn[nH]1. The lowest BCUT2D eigenvalue weighted by Gasteiger charge is -2.24. The fraction of sp³-hybridized carbons (Fsp3) is 0.692. The van der Waals surface area contributed by atoms with Crippen molar-refractivity contribution < 1.29 is 4.79 Å². The lowest BCUT2D eigenvalue weighted by Crippen LogP contribution is -2.41. The van der Waals surface area contributed by atoms with Crippen LogP contribution in [0.5, 0.6) is 0 Å². The van der Waals surface area contributed by atoms with Gasteiger partial charge in [0.25, 0.3) is 0 Å². The van der Waals surface area contributed by atoms with E-state index in [0.29, 0.717) is 12.5 Å². The second-order valence-corrected chi connectivity index (χ2v) is 5.15. The molecule has 5 heteroatoms. The van der Waals surface area contributed by atoms with Crippen LogP contribution in [0.2, 0.25) is 0 Å². The molecule has 4 N–H and O–H groups in total. The van der Waals surface area contributed by atoms with Crippen molar-refractivity contribution >= 4 is 5.91 Å². The summed E-state index contributed by atoms with van der Waals surface area (Å²) in [5, 5.41) is 9.48. The van der Waals surface area contributed by atoms with Gasteiger partial charge in [-0.3, -0.25) is 9.89 Å². The molecule has 0 radical (unpaired) electrons. The van der Waals surface area contributed by atoms with E-state index >= 15 is 0 Å². The first kappa shape index (κ1) is 13.1. The van der Waals surface area contributed by atoms with Crippen molar-refractivity contribution in [3.8, 4) is 0 Å². The number of carbonyl (C=O) groups excluding carboxylic acids is 1. The van der Waals surface area contributed by atoms with Gasteiger partial charge in [-0.05, 0) is 18.4 Å². The number of aromatic amines is 1. The Balaban J connectivity index is 1.70. The van der Waals surface area contributed by atoms with E-state index in [0.717, 1.165) is 12.1 Å². The van der Waals surface area contributed by atoms with Crippen molar-refractivity contribution in [2.24, 2.45) is 11.7 Å². The third-order valence-corrected chi connectivity index (χ3v) is 3.66. The molecule has 0 aromatic carbocycles. The van der Waals surface area contributed by atoms with Crippen molar-refractivity contribution in [2.45, 2.75) is 51.1 Å². The zero-order chi connectivity index (χ0) is 12.8. The maximum atomic E-state index is 11.8. The molecule has 1 aromatic heterocycles. The molecular weight excluding hydrogens is 228 g/mol. The topological polar surface area (TPSA) is 83.8 Å². The van der Waals surface area contributed by atoms with Gasteiger partial charge >= 0.3 is 0 Å². The Morgan fingerprint density at radius 3 is 2.94 bits per heavy atom. The van der Waals surface area contributed by atoms with Crippen molar-refractivity contribution in [3.05, 3.63) is 18.0 Å². The van der Waals surface area contributed by atoms with E-state index in [1.165, 1.54) is 32.1 Å². The second-order valence-electron chi connectivity index (χ2n) is 5.15. The van der Waals surface area contributed by atoms with Crippen LogP contribution in [-0.2, 0) is 11.3 Å². The summed E-state index contributed by atoms with van der Waals surface area (Å²) in [6.45, 7) is 0.469. The molecule has 1 aliphatic rings. The number of nitrogens with one attached hydrogen (secondary N) is 2. The summed E-state index contributed by atoms with van der Waals surface area (Å²) < 4.78 is 0. The van der Waals surface area contributed by atoms with E-state index in [1.807, 2.05) is 6.07 Å². The Morgan fingerprint density at radius 2 is 2.28 bits per heavy atom. The van der Waals surface area contributed by atoms with Gasteiger partial charge in [0, 0.05) is 6.20 Å². The van der Waals surface area contributed by atoms with E-state index in [-0.39, 0.29) is 11.9 Å². The maximum Gasteiger partial charge on any atom is 0.237 e. The number of nitrogens with two attached hydrogens (primary N) is 1. The van der Waals surface area contributed by atoms with Gasteiger partial charge in [-0.2, -0.15) is 5.10 Å². The highest BCUT2D eigenvalue weighted by Crippen LogP contribution is 2.26. The zero-order valence-electron chi connectivity index (χ0n) is 10.7. The number of carbonyl (C=O) groups is 1. The van der Waals surface area contributed by atoms with Gasteiger partial charge in [-0.15, -0.1) is 0 Å². The molecule has 2 rings (SSSR count). The smallest absolute Gasteiger partial charge is 0.237 e. The Kier molecular flexibility index (Phi) is 4.75. The quantitative estimate of drug-likeness (QED) is 0.737. The average molecular weight is 250 g/mol. The maximum absolute atomic E-state index is 11.8. The second kappa shape index (κ2) is 6.54. The summed E-state index contributed by atoms with van der Waals surface area (Å²) >= 11 is 0. The number of nitrogens with zero attached hydrogens (tertiary/aromatic N) is 1. The number of amides is 1. The van der Waals surface area contributed by atoms with Crippen LogP contribution in [0.4, 0.5) is 0 Å². The minimum atomic E-state index is -0.379. The van der Waals surface area contributed by atoms with Gasteiger partial charge in [-0.25, -0.2) is 0 Å². The first-order valence-electron chi connectivity index (χ1n) is 6.77. The van der Waals surface area contributed by atoms with Crippen molar-refractivity contribution in [3.63, 3.8) is 0 Å². The number of rotatable bonds is 5. The first-order chi connectivity index (χ1) is 8.75. The molecule has 1 unspecified atom stereocenters. The molecule has 0 saturated heterocycles. The van der Waals surface area contributed by atoms with Gasteiger partial charge in [-0.1, -0.05) is 32.1 Å². The summed E-state index contributed by atoms with van der Waals surface area (Å²) in [5.41, 5.74) is 6.85. The van der Waals surface area contributed by atoms with Gasteiger partial charge < -0.3 is 11.1 Å². The summed E-state index contributed by atoms with van der Waals surface area (Å²) in [4.78, 5) is 11.8. The lowest BCUT2D eigenvalue weighted by molar-refractivity contribution is -0.123. The van der Waals surface area contributed by atoms with E-state index in [2.05, 4.69) is 15.5 Å². The fourth-order valence-corrected chi connectivity index (χ4v) is 2.59. The van der Waals surface area contributed by atoms with Crippen LogP contribution < -0.4 is 11.1 Å². The normalized spacial score (nSPS) is 18.5. The monoisotopic (exact) mass is 250 g/mol. The third-order valence-electron chi connectivity index (χ3n) is 3.66. The van der Waals surface area contributed by atoms with Crippen LogP contribution in [0.25, 0.3) is 0 Å². The molecule has 1 aromatic rings. The number of hydrogen-bond acceptors (Lipinski definition) is 3. The van der Waals surface area contributed by atoms with Crippen LogP contribution in [0.15, 0.2) is 12.3 Å². The van der Waals surface area contributed by atoms with E-state index in [9.17, 15) is 4.79 Å². The molecule has 1 aliphatic carbocycles. The van der Waals surface area contributed by atoms with Crippen molar-refractivity contribution in [2.75, 3.05) is 0 Å². The Labute approximate surface area is 108 Å². The van der Waals surface area contributed by atoms with E-state index in [4.69, 9.17) is 5.73 Å². The number of aromatic nitrogens is 2. The summed E-state index contributed by atoms with van der Waals surface area (Å²) in [7, 11) is 0. The largest absolute Gasteiger partial charge is 0.349 e. The molecule has 5 nitrogen and oxygen atoms in total. The average Bonchev–Trinajstić information content (AvgIpc) is 2.90. The van der Waals surface area contributed by atoms with Crippen LogP contribution in [0.1, 0.15) is 44.2 Å². The molecule has 1 fully saturated rings. The van der Waals surface area contributed by atoms with E-state index < -0.39 is 0 Å². The highest BCUT2D eigenvalue weighted by Gasteiger charge is 2.20. The number of H-pyrrole nitrogens is 1. The molecule has 18 heavy (non-hydrogen) atoms. The first-order valence-corrected chi connectivity index (χ1v) is 6.77. The fourth-order valence-electron chi connectivity index (χ4n) is 2.59. The van der Waals surface area contributed by atoms with Crippen LogP contribution in [0.3, 0.4) is 0 Å². The standard InChI is InChI=1S/C13H22N4O/c14-12(8-10-4-2-1-3-5-10)13(18)15-9-11-6-7-16-17-11/h6-7,10,12H,1-5,8-9,14H2,(H,15,18)(H,16,17). The molecule has 100 valence electrons. The lowest BCUT2D eigenvalue weighted by atomic mass is 9.85. The highest BCUT2D eigenvalue weighted by atomic mass is 16.2. The Bertz CT molecular complexity index is 357. The minimum Gasteiger partial charge on any atom is -0.349 e. The van der Waals surface area contributed by atoms with Crippen molar-refractivity contribution in [1.29, 1.82) is 0 Å². The minimum absolute atomic E-state index is 0.0600. The summed E-state index contributed by atoms with van der Waals surface area (Å²) in [6.07, 6.45) is 8.83. The molecule has 0 spiro atoms. The predicted octanol–water partition coefficient (Wildman–Crippen LogP) is 1.32. The number of hydrogen-bond donors (Lipinski definition) is 3. The van der Waals surface area contributed by atoms with Crippen LogP contribution in [0, 0.1) is 5.92 Å². The molecule has 1 saturated carbocycles. The molecule has 1 heterocycles. The molecule has 1 atom stereocenters. The Morgan fingerprint density at radius 1 is 1.50 bits per heavy atom. The Hall–Kier alpha value is -1.36. The molecule has 1 amide bonds. The van der Waals surface area contributed by atoms with E-state index in [1.54, 1.807) is 6.20 Å². The summed E-state index contributed by atoms with van der Waals surface area (Å²) in [5.74, 6) is 0.571. The van der Waals surface area contributed by atoms with Gasteiger partial charge in [0.05, 0.1) is 18.3 Å². The molecule has 0 aliphatic heterocycles. The molecule has 0 bridgehead atoms. The summed E-state index contributed by atoms with van der Waals surface area (Å²) in [6, 6.07) is 1.46. The van der Waals surface area contributed by atoms with Crippen molar-refractivity contribution in [1.82, 2.24) is 15.5 Å². The van der Waals surface area contributed by atoms with Gasteiger partial charge in [0.1, 0.15) is 0 Å². The third kappa shape index (κ3) is 3.84. The van der Waals surface area contributed by atoms with Crippen LogP contribution >= 0.6 is 0 Å². The van der Waals surface area contributed by atoms with Gasteiger partial charge in [0.2, 0.25) is 5.91 Å². The van der Waals surface area contributed by atoms with Crippen LogP contribution in [-0.4, -0.2) is 22.1 Å². The predicted molar refractivity (Wildman–Crippen MR) is 69.6 cm³/mol. The zero-order valence-corrected chi connectivity index (χ0v) is 10.7. The molecular formula is C13H22N4O. The highest BCUT2D eigenvalue weighted by molar-refractivity contribution is 5.81.